The molecule has 0 unspecified atom stereocenters. The van der Waals surface area contributed by atoms with Crippen LogP contribution in [0.3, 0.4) is 0 Å². The van der Waals surface area contributed by atoms with Crippen molar-refractivity contribution in [2.75, 3.05) is 5.75 Å². The van der Waals surface area contributed by atoms with E-state index >= 15 is 0 Å². The monoisotopic (exact) mass is 147 g/mol. The fourth-order valence-electron chi connectivity index (χ4n) is 0.602. The molecule has 0 saturated carbocycles. The van der Waals surface area contributed by atoms with Gasteiger partial charge in [0, 0.05) is 8.07 Å². The average molecular weight is 147 g/mol. The van der Waals surface area contributed by atoms with Gasteiger partial charge in [0.15, 0.2) is 0 Å². The molecule has 0 N–H and O–H groups in total. The van der Waals surface area contributed by atoms with Crippen LogP contribution in [0.1, 0.15) is 6.42 Å². The molecule has 0 rings (SSSR count). The van der Waals surface area contributed by atoms with Gasteiger partial charge >= 0.3 is 0 Å². The molecule has 0 aromatic heterocycles. The number of hydrogen-bond acceptors (Lipinski definition) is 1. The molecule has 0 atom stereocenters. The van der Waals surface area contributed by atoms with Gasteiger partial charge in [-0.1, -0.05) is 32.1 Å². The number of rotatable bonds is 3. The lowest BCUT2D eigenvalue weighted by atomic mass is 10.6. The summed E-state index contributed by atoms with van der Waals surface area (Å²) in [4.78, 5) is 0. The first-order valence-corrected chi connectivity index (χ1v) is 7.43. The fourth-order valence-corrected chi connectivity index (χ4v) is 2.24. The van der Waals surface area contributed by atoms with Gasteiger partial charge < -0.3 is 12.6 Å². The highest BCUT2D eigenvalue weighted by Crippen LogP contribution is 2.09. The first-order valence-electron chi connectivity index (χ1n) is 3.14. The van der Waals surface area contributed by atoms with E-state index in [4.69, 9.17) is 12.6 Å². The molecule has 0 saturated heterocycles. The van der Waals surface area contributed by atoms with Crippen LogP contribution in [-0.4, -0.2) is 13.8 Å². The predicted octanol–water partition coefficient (Wildman–Crippen LogP) is 2.26. The molecule has 0 aromatic carbocycles. The fraction of sp³-hybridized carbons (Fsp3) is 1.00. The van der Waals surface area contributed by atoms with Crippen molar-refractivity contribution in [3.63, 3.8) is 0 Å². The van der Waals surface area contributed by atoms with E-state index in [0.29, 0.717) is 0 Å². The molecule has 0 aliphatic carbocycles. The summed E-state index contributed by atoms with van der Waals surface area (Å²) >= 11 is 4.84. The highest BCUT2D eigenvalue weighted by molar-refractivity contribution is 7.58. The van der Waals surface area contributed by atoms with E-state index in [9.17, 15) is 0 Å². The van der Waals surface area contributed by atoms with Crippen molar-refractivity contribution >= 4 is 20.7 Å². The Morgan fingerprint density at radius 3 is 1.88 bits per heavy atom. The van der Waals surface area contributed by atoms with Gasteiger partial charge in [-0.25, -0.2) is 0 Å². The lowest BCUT2D eigenvalue weighted by Gasteiger charge is -2.15. The molecule has 50 valence electrons. The predicted molar refractivity (Wildman–Crippen MR) is 45.0 cm³/mol. The summed E-state index contributed by atoms with van der Waals surface area (Å²) in [6.45, 7) is 7.16. The Morgan fingerprint density at radius 2 is 1.75 bits per heavy atom. The van der Waals surface area contributed by atoms with E-state index in [1.165, 1.54) is 12.5 Å². The van der Waals surface area contributed by atoms with Crippen molar-refractivity contribution in [3.8, 4) is 0 Å². The van der Waals surface area contributed by atoms with Crippen molar-refractivity contribution < 1.29 is 0 Å². The Kier molecular flexibility index (Phi) is 3.82. The van der Waals surface area contributed by atoms with Gasteiger partial charge in [0.05, 0.1) is 0 Å². The third-order valence-corrected chi connectivity index (χ3v) is 3.21. The molecular weight excluding hydrogens is 132 g/mol. The molecule has 0 radical (unpaired) electrons. The van der Waals surface area contributed by atoms with E-state index < -0.39 is 8.07 Å². The van der Waals surface area contributed by atoms with Crippen molar-refractivity contribution in [1.82, 2.24) is 0 Å². The molecule has 0 aliphatic heterocycles. The summed E-state index contributed by atoms with van der Waals surface area (Å²) in [7, 11) is -0.745. The van der Waals surface area contributed by atoms with E-state index in [-0.39, 0.29) is 0 Å². The standard InChI is InChI=1S/C6H16SSi/c1-8(2,3)6-4-5-7/h7H,4-6H2,1-3H3/p-1. The SMILES string of the molecule is C[Si](C)(C)CCC[S-]. The first kappa shape index (κ1) is 8.57. The van der Waals surface area contributed by atoms with Crippen LogP contribution >= 0.6 is 0 Å². The molecule has 0 aliphatic rings. The third-order valence-electron chi connectivity index (χ3n) is 1.07. The van der Waals surface area contributed by atoms with Gasteiger partial charge in [-0.3, -0.25) is 0 Å². The zero-order valence-corrected chi connectivity index (χ0v) is 7.85. The Labute approximate surface area is 59.1 Å². The second-order valence-corrected chi connectivity index (χ2v) is 9.40. The van der Waals surface area contributed by atoms with Crippen molar-refractivity contribution in [2.24, 2.45) is 0 Å². The van der Waals surface area contributed by atoms with E-state index in [1.54, 1.807) is 0 Å². The normalized spacial score (nSPS) is 12.0. The van der Waals surface area contributed by atoms with E-state index in [0.717, 1.165) is 5.75 Å². The molecular formula is C6H15SSi-. The van der Waals surface area contributed by atoms with Crippen molar-refractivity contribution in [3.05, 3.63) is 0 Å². The van der Waals surface area contributed by atoms with Crippen LogP contribution in [0, 0.1) is 0 Å². The summed E-state index contributed by atoms with van der Waals surface area (Å²) in [5.74, 6) is 0.949. The summed E-state index contributed by atoms with van der Waals surface area (Å²) in [6, 6.07) is 1.40. The van der Waals surface area contributed by atoms with Crippen LogP contribution in [0.2, 0.25) is 25.7 Å². The summed E-state index contributed by atoms with van der Waals surface area (Å²) in [6.07, 6.45) is 1.26. The summed E-state index contributed by atoms with van der Waals surface area (Å²) in [5, 5.41) is 0. The minimum Gasteiger partial charge on any atom is -0.793 e. The van der Waals surface area contributed by atoms with Crippen LogP contribution in [-0.2, 0) is 12.6 Å². The third kappa shape index (κ3) is 6.57. The second-order valence-electron chi connectivity index (χ2n) is 3.37. The van der Waals surface area contributed by atoms with Gasteiger partial charge in [0.2, 0.25) is 0 Å². The molecule has 0 amide bonds. The van der Waals surface area contributed by atoms with Crippen LogP contribution in [0.25, 0.3) is 0 Å². The van der Waals surface area contributed by atoms with Gasteiger partial charge in [0.25, 0.3) is 0 Å². The zero-order valence-electron chi connectivity index (χ0n) is 6.03. The highest BCUT2D eigenvalue weighted by atomic mass is 32.1. The molecule has 0 bridgehead atoms. The van der Waals surface area contributed by atoms with Gasteiger partial charge in [-0.2, -0.15) is 5.75 Å². The quantitative estimate of drug-likeness (QED) is 0.436. The topological polar surface area (TPSA) is 0 Å². The van der Waals surface area contributed by atoms with Crippen molar-refractivity contribution in [1.29, 1.82) is 0 Å². The van der Waals surface area contributed by atoms with Crippen LogP contribution in [0.5, 0.6) is 0 Å². The lowest BCUT2D eigenvalue weighted by Crippen LogP contribution is -2.18. The molecule has 0 spiro atoms. The Balaban J connectivity index is 3.11. The van der Waals surface area contributed by atoms with Crippen LogP contribution < -0.4 is 0 Å². The van der Waals surface area contributed by atoms with Gasteiger partial charge in [-0.15, -0.1) is 0 Å². The highest BCUT2D eigenvalue weighted by Gasteiger charge is 2.09. The lowest BCUT2D eigenvalue weighted by molar-refractivity contribution is 1.07. The Bertz CT molecular complexity index is 56.0. The maximum Gasteiger partial charge on any atom is 0.0442 e. The van der Waals surface area contributed by atoms with Crippen LogP contribution in [0.15, 0.2) is 0 Å². The smallest absolute Gasteiger partial charge is 0.0442 e. The molecule has 8 heavy (non-hydrogen) atoms. The van der Waals surface area contributed by atoms with Crippen LogP contribution in [0.4, 0.5) is 0 Å². The molecule has 0 heterocycles. The molecule has 0 nitrogen and oxygen atoms in total. The Morgan fingerprint density at radius 1 is 1.25 bits per heavy atom. The van der Waals surface area contributed by atoms with E-state index in [2.05, 4.69) is 19.6 Å². The maximum absolute atomic E-state index is 4.84. The second kappa shape index (κ2) is 3.57. The van der Waals surface area contributed by atoms with Crippen molar-refractivity contribution in [2.45, 2.75) is 32.1 Å². The summed E-state index contributed by atoms with van der Waals surface area (Å²) in [5.41, 5.74) is 0. The molecule has 0 fully saturated rings. The average Bonchev–Trinajstić information content (AvgIpc) is 1.59. The van der Waals surface area contributed by atoms with Gasteiger partial charge in [-0.05, 0) is 0 Å². The Hall–Kier alpha value is 0.567. The first-order chi connectivity index (χ1) is 3.56. The molecule has 2 heteroatoms. The zero-order chi connectivity index (χ0) is 6.62. The summed E-state index contributed by atoms with van der Waals surface area (Å²) < 4.78 is 0. The largest absolute Gasteiger partial charge is 0.793 e. The minimum absolute atomic E-state index is 0.745. The van der Waals surface area contributed by atoms with E-state index in [1.807, 2.05) is 0 Å². The molecule has 0 aromatic rings. The number of hydrogen-bond donors (Lipinski definition) is 0. The maximum atomic E-state index is 4.84. The van der Waals surface area contributed by atoms with Gasteiger partial charge in [0.1, 0.15) is 0 Å². The minimum atomic E-state index is -0.745.